The van der Waals surface area contributed by atoms with E-state index in [0.717, 1.165) is 58.3 Å². The van der Waals surface area contributed by atoms with Crippen LogP contribution < -0.4 is 32.3 Å². The van der Waals surface area contributed by atoms with Gasteiger partial charge in [0.05, 0.1) is 59.5 Å². The maximum absolute atomic E-state index is 16.3. The van der Waals surface area contributed by atoms with Crippen molar-refractivity contribution < 1.29 is 84.4 Å². The molecule has 1 aromatic heterocycles. The lowest BCUT2D eigenvalue weighted by atomic mass is 9.98. The van der Waals surface area contributed by atoms with E-state index in [2.05, 4.69) is 16.0 Å². The Morgan fingerprint density at radius 3 is 2.00 bits per heavy atom. The van der Waals surface area contributed by atoms with E-state index in [9.17, 15) is 47.7 Å². The third-order valence-corrected chi connectivity index (χ3v) is 19.0. The Morgan fingerprint density at radius 2 is 1.38 bits per heavy atom. The topological polar surface area (TPSA) is 311 Å². The minimum Gasteiger partial charge on any atom is -0.438 e. The van der Waals surface area contributed by atoms with Gasteiger partial charge in [0.1, 0.15) is 18.1 Å². The van der Waals surface area contributed by atoms with Crippen molar-refractivity contribution in [3.8, 4) is 0 Å². The van der Waals surface area contributed by atoms with Crippen molar-refractivity contribution in [2.75, 3.05) is 44.9 Å². The van der Waals surface area contributed by atoms with E-state index in [1.54, 1.807) is 25.5 Å². The van der Waals surface area contributed by atoms with Gasteiger partial charge in [-0.2, -0.15) is 8.78 Å². The van der Waals surface area contributed by atoms with Gasteiger partial charge in [0.15, 0.2) is 0 Å². The monoisotopic (exact) mass is 1370 g/mol. The number of anilines is 1. The fraction of sp³-hybridized carbons (Fsp3) is 0.500. The Bertz CT molecular complexity index is 3820. The minimum atomic E-state index is -5.61. The molecule has 1 fully saturated rings. The van der Waals surface area contributed by atoms with Gasteiger partial charge in [-0.15, -0.1) is 0 Å². The molecule has 97 heavy (non-hydrogen) atoms. The number of nitrogens with two attached hydrogens (primary N) is 1. The van der Waals surface area contributed by atoms with E-state index >= 15 is 8.78 Å². The predicted molar refractivity (Wildman–Crippen MR) is 354 cm³/mol. The molecular weight excluding hydrogens is 1280 g/mol. The molecule has 24 nitrogen and oxygen atoms in total. The standard InChI is InChI=1S/C70H88F2N7O17P/c1-43(47-24-27-51(28-25-47)70(71,72)97(89,95-41-93-65(86)68(3,4)5)96-42-94-66(87)69(6,7)8)38-59(82)74-53-29-26-49-15-10-17-50-39-56(79(60(49)50)64(53)85)63(84)75-52(30-32-57(73)80)44(2)92-40-46-22-20-45(21-23-46)14-12-34-90-36-37-91-35-13-18-48-16-11-19-54-61(48)77(9)67(88)78(54)55-31-33-58(81)76-62(55)83/h10-11,15-17,19-25,27-28,38,44,52-53,55-56H,12-14,18,26,29-37,39-42H2,1-9H3,(H2,73,80)(H,74,82)(H,75,84)(H,76,81,83)/b43-38+/t44-,52?,53+,55?,56+/m1/s1. The molecule has 3 aliphatic rings. The molecule has 27 heteroatoms. The SMILES string of the molecule is C/C(=C\C(=O)N[C@H]1CCc2cccc3c2N(C1=O)[C@H](C(=O)NC(CCC(N)=O)[C@@H](C)OCc1ccc(CCCOCCOCCCc2cccc4c2n(C)c(=O)n4C2CCC(=O)NC2=O)cc1)C3)c1ccc(C(F)(F)P(=O)(OCOC(=O)C(C)(C)C)OCOC(=O)C(C)(C)C)cc1. The number of rotatable bonds is 32. The molecule has 0 aliphatic carbocycles. The molecule has 0 saturated carbocycles. The third kappa shape index (κ3) is 18.7. The lowest BCUT2D eigenvalue weighted by Crippen LogP contribution is -2.56. The van der Waals surface area contributed by atoms with Gasteiger partial charge in [-0.3, -0.25) is 71.3 Å². The fourth-order valence-corrected chi connectivity index (χ4v) is 12.9. The number of ether oxygens (including phenoxy) is 5. The zero-order valence-corrected chi connectivity index (χ0v) is 57.2. The van der Waals surface area contributed by atoms with Crippen LogP contribution >= 0.6 is 7.60 Å². The number of carbonyl (C=O) groups is 8. The highest BCUT2D eigenvalue weighted by molar-refractivity contribution is 7.54. The smallest absolute Gasteiger partial charge is 0.410 e. The molecule has 0 radical (unpaired) electrons. The number of amides is 6. The summed E-state index contributed by atoms with van der Waals surface area (Å²) in [5, 5.41) is 8.19. The maximum atomic E-state index is 16.3. The van der Waals surface area contributed by atoms with Crippen LogP contribution in [0.1, 0.15) is 145 Å². The fourth-order valence-electron chi connectivity index (χ4n) is 11.7. The molecule has 5 aromatic rings. The molecular formula is C70H88F2N7O17P. The van der Waals surface area contributed by atoms with E-state index < -0.39 is 115 Å². The van der Waals surface area contributed by atoms with Crippen molar-refractivity contribution in [3.63, 3.8) is 0 Å². The van der Waals surface area contributed by atoms with Crippen molar-refractivity contribution in [2.24, 2.45) is 23.6 Å². The Hall–Kier alpha value is -8.26. The highest BCUT2D eigenvalue weighted by Gasteiger charge is 2.56. The van der Waals surface area contributed by atoms with Gasteiger partial charge in [-0.25, -0.2) is 4.79 Å². The molecule has 524 valence electrons. The average molecular weight is 1370 g/mol. The number of allylic oxidation sites excluding steroid dienone is 1. The number of fused-ring (bicyclic) bond motifs is 1. The number of nitrogens with one attached hydrogen (secondary N) is 3. The molecule has 3 aliphatic heterocycles. The molecule has 5 atom stereocenters. The lowest BCUT2D eigenvalue weighted by Gasteiger charge is -2.31. The summed E-state index contributed by atoms with van der Waals surface area (Å²) in [5.74, 6) is -4.78. The summed E-state index contributed by atoms with van der Waals surface area (Å²) in [7, 11) is -3.92. The summed E-state index contributed by atoms with van der Waals surface area (Å²) in [6.07, 6.45) is 4.74. The molecule has 8 rings (SSSR count). The van der Waals surface area contributed by atoms with Crippen LogP contribution in [-0.4, -0.2) is 121 Å². The zero-order valence-electron chi connectivity index (χ0n) is 56.3. The first-order valence-electron chi connectivity index (χ1n) is 32.5. The van der Waals surface area contributed by atoms with Crippen molar-refractivity contribution in [1.82, 2.24) is 25.1 Å². The van der Waals surface area contributed by atoms with E-state index in [1.165, 1.54) is 69.2 Å². The summed E-state index contributed by atoms with van der Waals surface area (Å²) in [4.78, 5) is 119. The molecule has 0 bridgehead atoms. The minimum absolute atomic E-state index is 0.0578. The molecule has 4 aromatic carbocycles. The largest absolute Gasteiger partial charge is 0.438 e. The first-order chi connectivity index (χ1) is 45.9. The van der Waals surface area contributed by atoms with E-state index in [-0.39, 0.29) is 56.7 Å². The number of benzene rings is 4. The van der Waals surface area contributed by atoms with Crippen LogP contribution in [0, 0.1) is 10.8 Å². The van der Waals surface area contributed by atoms with Crippen LogP contribution in [0.2, 0.25) is 0 Å². The van der Waals surface area contributed by atoms with E-state index in [4.69, 9.17) is 38.5 Å². The van der Waals surface area contributed by atoms with Gasteiger partial charge in [-0.05, 0) is 152 Å². The Morgan fingerprint density at radius 1 is 0.773 bits per heavy atom. The Labute approximate surface area is 562 Å². The molecule has 0 spiro atoms. The molecule has 2 unspecified atom stereocenters. The summed E-state index contributed by atoms with van der Waals surface area (Å²) < 4.78 is 87.3. The quantitative estimate of drug-likeness (QED) is 0.00783. The molecule has 4 heterocycles. The van der Waals surface area contributed by atoms with Gasteiger partial charge < -0.3 is 40.1 Å². The zero-order chi connectivity index (χ0) is 70.6. The second-order valence-corrected chi connectivity index (χ2v) is 28.7. The lowest BCUT2D eigenvalue weighted by molar-refractivity contribution is -0.163. The van der Waals surface area contributed by atoms with Crippen molar-refractivity contribution >= 4 is 77.3 Å². The first kappa shape index (κ1) is 74.5. The number of imide groups is 1. The maximum Gasteiger partial charge on any atom is 0.410 e. The average Bonchev–Trinajstić information content (AvgIpc) is 1.71. The number of primary amides is 1. The summed E-state index contributed by atoms with van der Waals surface area (Å²) >= 11 is 0. The second-order valence-electron chi connectivity index (χ2n) is 26.6. The number of alkyl halides is 2. The molecule has 5 N–H and O–H groups in total. The van der Waals surface area contributed by atoms with Gasteiger partial charge in [0, 0.05) is 51.2 Å². The number of carbonyl (C=O) groups excluding carboxylic acids is 8. The second kappa shape index (κ2) is 32.4. The first-order valence-corrected chi connectivity index (χ1v) is 34.0. The number of hydrogen-bond acceptors (Lipinski definition) is 17. The van der Waals surface area contributed by atoms with Gasteiger partial charge >= 0.3 is 30.9 Å². The number of aryl methyl sites for hydroxylation is 4. The number of piperidine rings is 1. The number of halogens is 2. The van der Waals surface area contributed by atoms with Crippen LogP contribution in [0.15, 0.2) is 95.8 Å². The highest BCUT2D eigenvalue weighted by atomic mass is 31.2. The number of para-hydroxylation sites is 2. The number of aromatic nitrogens is 2. The van der Waals surface area contributed by atoms with Gasteiger partial charge in [0.2, 0.25) is 49.0 Å². The molecule has 1 saturated heterocycles. The van der Waals surface area contributed by atoms with Crippen LogP contribution in [-0.2, 0) is 121 Å². The molecule has 6 amide bonds. The van der Waals surface area contributed by atoms with Gasteiger partial charge in [0.25, 0.3) is 0 Å². The summed E-state index contributed by atoms with van der Waals surface area (Å²) in [6, 6.07) is 19.9. The van der Waals surface area contributed by atoms with Crippen LogP contribution in [0.25, 0.3) is 16.6 Å². The van der Waals surface area contributed by atoms with Crippen molar-refractivity contribution in [1.29, 1.82) is 0 Å². The summed E-state index contributed by atoms with van der Waals surface area (Å²) in [5.41, 5.74) is 5.03. The van der Waals surface area contributed by atoms with E-state index in [1.807, 2.05) is 60.7 Å². The van der Waals surface area contributed by atoms with Gasteiger partial charge in [-0.1, -0.05) is 78.9 Å². The van der Waals surface area contributed by atoms with E-state index in [0.29, 0.717) is 68.0 Å². The number of esters is 2. The third-order valence-electron chi connectivity index (χ3n) is 17.2. The number of hydrogen-bond donors (Lipinski definition) is 4. The van der Waals surface area contributed by atoms with Crippen LogP contribution in [0.4, 0.5) is 14.5 Å². The Balaban J connectivity index is 0.803. The number of imidazole rings is 1. The number of nitrogens with zero attached hydrogens (tertiary/aromatic N) is 3. The predicted octanol–water partition coefficient (Wildman–Crippen LogP) is 8.43. The van der Waals surface area contributed by atoms with Crippen molar-refractivity contribution in [3.05, 3.63) is 140 Å². The Kier molecular flexibility index (Phi) is 24.9. The van der Waals surface area contributed by atoms with Crippen molar-refractivity contribution in [2.45, 2.75) is 169 Å². The van der Waals surface area contributed by atoms with Crippen LogP contribution in [0.5, 0.6) is 0 Å². The highest BCUT2D eigenvalue weighted by Crippen LogP contribution is 2.67. The van der Waals surface area contributed by atoms with Crippen LogP contribution in [0.3, 0.4) is 0 Å². The summed E-state index contributed by atoms with van der Waals surface area (Å²) in [6.45, 7) is 12.1. The normalized spacial score (nSPS) is 17.5.